The van der Waals surface area contributed by atoms with Crippen molar-refractivity contribution in [1.82, 2.24) is 9.80 Å². The third kappa shape index (κ3) is 3.99. The minimum atomic E-state index is 0.250. The van der Waals surface area contributed by atoms with Gasteiger partial charge in [-0.05, 0) is 70.6 Å². The quantitative estimate of drug-likeness (QED) is 0.781. The second-order valence-electron chi connectivity index (χ2n) is 8.41. The summed E-state index contributed by atoms with van der Waals surface area (Å²) < 4.78 is 0. The van der Waals surface area contributed by atoms with E-state index >= 15 is 0 Å². The van der Waals surface area contributed by atoms with Crippen molar-refractivity contribution in [1.29, 1.82) is 5.26 Å². The van der Waals surface area contributed by atoms with Gasteiger partial charge in [0.2, 0.25) is 0 Å². The standard InChI is InChI=1S/C18H33N3/c1-18(2,3)15-7-6-14(13-19)17(12-15)21-10-8-16(9-11-21)20(4)5/h14-17H,6-12H2,1-5H3. The molecule has 0 spiro atoms. The first kappa shape index (κ1) is 16.8. The van der Waals surface area contributed by atoms with Gasteiger partial charge in [0.1, 0.15) is 0 Å². The zero-order chi connectivity index (χ0) is 15.6. The molecule has 21 heavy (non-hydrogen) atoms. The Kier molecular flexibility index (Phi) is 5.33. The fourth-order valence-corrected chi connectivity index (χ4v) is 4.22. The molecule has 0 aromatic carbocycles. The molecular weight excluding hydrogens is 258 g/mol. The summed E-state index contributed by atoms with van der Waals surface area (Å²) in [5, 5.41) is 9.54. The van der Waals surface area contributed by atoms with Gasteiger partial charge in [0.25, 0.3) is 0 Å². The Balaban J connectivity index is 2.00. The maximum absolute atomic E-state index is 9.54. The van der Waals surface area contributed by atoms with Crippen LogP contribution in [-0.4, -0.2) is 49.1 Å². The molecule has 1 saturated heterocycles. The van der Waals surface area contributed by atoms with Crippen LogP contribution in [0.25, 0.3) is 0 Å². The van der Waals surface area contributed by atoms with Crippen LogP contribution >= 0.6 is 0 Å². The van der Waals surface area contributed by atoms with Crippen molar-refractivity contribution in [3.63, 3.8) is 0 Å². The van der Waals surface area contributed by atoms with Gasteiger partial charge in [-0.3, -0.25) is 4.90 Å². The smallest absolute Gasteiger partial charge is 0.0672 e. The minimum Gasteiger partial charge on any atom is -0.306 e. The van der Waals surface area contributed by atoms with E-state index in [4.69, 9.17) is 0 Å². The van der Waals surface area contributed by atoms with Crippen LogP contribution in [0.3, 0.4) is 0 Å². The molecule has 3 nitrogen and oxygen atoms in total. The van der Waals surface area contributed by atoms with Gasteiger partial charge >= 0.3 is 0 Å². The van der Waals surface area contributed by atoms with Crippen LogP contribution in [-0.2, 0) is 0 Å². The Morgan fingerprint density at radius 2 is 1.67 bits per heavy atom. The summed E-state index contributed by atoms with van der Waals surface area (Å²) in [7, 11) is 4.38. The van der Waals surface area contributed by atoms with Gasteiger partial charge in [-0.25, -0.2) is 0 Å². The van der Waals surface area contributed by atoms with E-state index in [1.54, 1.807) is 0 Å². The third-order valence-electron chi connectivity index (χ3n) is 5.91. The van der Waals surface area contributed by atoms with E-state index in [2.05, 4.69) is 50.7 Å². The summed E-state index contributed by atoms with van der Waals surface area (Å²) in [6, 6.07) is 3.83. The highest BCUT2D eigenvalue weighted by Gasteiger charge is 2.39. The average molecular weight is 291 g/mol. The lowest BCUT2D eigenvalue weighted by Crippen LogP contribution is -2.51. The molecule has 0 radical (unpaired) electrons. The SMILES string of the molecule is CN(C)C1CCN(C2CC(C(C)(C)C)CCC2C#N)CC1. The maximum Gasteiger partial charge on any atom is 0.0672 e. The lowest BCUT2D eigenvalue weighted by molar-refractivity contribution is 0.0336. The number of likely N-dealkylation sites (tertiary alicyclic amines) is 1. The summed E-state index contributed by atoms with van der Waals surface area (Å²) in [6.45, 7) is 9.42. The predicted molar refractivity (Wildman–Crippen MR) is 88.0 cm³/mol. The van der Waals surface area contributed by atoms with Crippen molar-refractivity contribution in [2.45, 2.75) is 65.0 Å². The molecule has 0 N–H and O–H groups in total. The van der Waals surface area contributed by atoms with Gasteiger partial charge < -0.3 is 4.90 Å². The van der Waals surface area contributed by atoms with Crippen LogP contribution in [0, 0.1) is 28.6 Å². The first-order chi connectivity index (χ1) is 9.82. The van der Waals surface area contributed by atoms with Crippen LogP contribution in [0.15, 0.2) is 0 Å². The molecule has 3 atom stereocenters. The predicted octanol–water partition coefficient (Wildman–Crippen LogP) is 3.37. The second kappa shape index (κ2) is 6.67. The Morgan fingerprint density at radius 1 is 1.05 bits per heavy atom. The van der Waals surface area contributed by atoms with Crippen molar-refractivity contribution in [3.8, 4) is 6.07 Å². The van der Waals surface area contributed by atoms with E-state index in [9.17, 15) is 5.26 Å². The highest BCUT2D eigenvalue weighted by atomic mass is 15.2. The zero-order valence-corrected chi connectivity index (χ0v) is 14.6. The molecular formula is C18H33N3. The van der Waals surface area contributed by atoms with Gasteiger partial charge in [0.15, 0.2) is 0 Å². The molecule has 1 aliphatic heterocycles. The van der Waals surface area contributed by atoms with Crippen LogP contribution in [0.4, 0.5) is 0 Å². The van der Waals surface area contributed by atoms with Crippen molar-refractivity contribution in [2.75, 3.05) is 27.2 Å². The van der Waals surface area contributed by atoms with E-state index < -0.39 is 0 Å². The summed E-state index contributed by atoms with van der Waals surface area (Å²) >= 11 is 0. The van der Waals surface area contributed by atoms with Crippen LogP contribution in [0.5, 0.6) is 0 Å². The normalized spacial score (nSPS) is 33.1. The number of rotatable bonds is 2. The van der Waals surface area contributed by atoms with Crippen molar-refractivity contribution in [3.05, 3.63) is 0 Å². The lowest BCUT2D eigenvalue weighted by Gasteiger charge is -2.46. The maximum atomic E-state index is 9.54. The molecule has 1 heterocycles. The molecule has 120 valence electrons. The number of nitrogens with zero attached hydrogens (tertiary/aromatic N) is 3. The van der Waals surface area contributed by atoms with E-state index in [1.807, 2.05) is 0 Å². The fraction of sp³-hybridized carbons (Fsp3) is 0.944. The Labute approximate surface area is 131 Å². The summed E-state index contributed by atoms with van der Waals surface area (Å²) in [4.78, 5) is 4.99. The Bertz CT molecular complexity index is 369. The summed E-state index contributed by atoms with van der Waals surface area (Å²) in [5.74, 6) is 1.01. The van der Waals surface area contributed by atoms with E-state index in [0.29, 0.717) is 11.5 Å². The van der Waals surface area contributed by atoms with E-state index in [0.717, 1.165) is 18.4 Å². The molecule has 1 aliphatic carbocycles. The molecule has 2 rings (SSSR count). The van der Waals surface area contributed by atoms with Gasteiger partial charge in [-0.2, -0.15) is 5.26 Å². The minimum absolute atomic E-state index is 0.250. The fourth-order valence-electron chi connectivity index (χ4n) is 4.22. The molecule has 0 aromatic heterocycles. The molecule has 0 amide bonds. The monoisotopic (exact) mass is 291 g/mol. The Morgan fingerprint density at radius 3 is 2.14 bits per heavy atom. The molecule has 3 unspecified atom stereocenters. The molecule has 2 fully saturated rings. The van der Waals surface area contributed by atoms with E-state index in [-0.39, 0.29) is 5.92 Å². The van der Waals surface area contributed by atoms with E-state index in [1.165, 1.54) is 38.8 Å². The molecule has 0 aromatic rings. The highest BCUT2D eigenvalue weighted by Crippen LogP contribution is 2.42. The van der Waals surface area contributed by atoms with Crippen LogP contribution in [0.1, 0.15) is 52.9 Å². The van der Waals surface area contributed by atoms with Gasteiger partial charge in [0.05, 0.1) is 12.0 Å². The summed E-state index contributed by atoms with van der Waals surface area (Å²) in [5.41, 5.74) is 0.376. The number of nitriles is 1. The lowest BCUT2D eigenvalue weighted by atomic mass is 9.67. The van der Waals surface area contributed by atoms with Crippen molar-refractivity contribution < 1.29 is 0 Å². The van der Waals surface area contributed by atoms with Crippen LogP contribution in [0.2, 0.25) is 0 Å². The second-order valence-corrected chi connectivity index (χ2v) is 8.41. The Hall–Kier alpha value is -0.590. The zero-order valence-electron chi connectivity index (χ0n) is 14.6. The molecule has 3 heteroatoms. The number of hydrogen-bond donors (Lipinski definition) is 0. The number of piperidine rings is 1. The number of hydrogen-bond acceptors (Lipinski definition) is 3. The van der Waals surface area contributed by atoms with Crippen molar-refractivity contribution >= 4 is 0 Å². The first-order valence-corrected chi connectivity index (χ1v) is 8.63. The highest BCUT2D eigenvalue weighted by molar-refractivity contribution is 5.00. The molecule has 0 bridgehead atoms. The van der Waals surface area contributed by atoms with Crippen molar-refractivity contribution in [2.24, 2.45) is 17.3 Å². The van der Waals surface area contributed by atoms with Gasteiger partial charge in [-0.1, -0.05) is 20.8 Å². The molecule has 2 aliphatic rings. The summed E-state index contributed by atoms with van der Waals surface area (Å²) in [6.07, 6.45) is 6.04. The average Bonchev–Trinajstić information content (AvgIpc) is 2.45. The largest absolute Gasteiger partial charge is 0.306 e. The van der Waals surface area contributed by atoms with Gasteiger partial charge in [0, 0.05) is 12.1 Å². The van der Waals surface area contributed by atoms with Crippen LogP contribution < -0.4 is 0 Å². The van der Waals surface area contributed by atoms with Gasteiger partial charge in [-0.15, -0.1) is 0 Å². The first-order valence-electron chi connectivity index (χ1n) is 8.63. The topological polar surface area (TPSA) is 30.3 Å². The molecule has 1 saturated carbocycles. The third-order valence-corrected chi connectivity index (χ3v) is 5.91.